The van der Waals surface area contributed by atoms with Crippen LogP contribution in [0.5, 0.6) is 11.5 Å². The van der Waals surface area contributed by atoms with E-state index in [2.05, 4.69) is 10.5 Å². The molecule has 0 aromatic heterocycles. The number of rotatable bonds is 8. The monoisotopic (exact) mass is 462 g/mol. The van der Waals surface area contributed by atoms with Gasteiger partial charge in [0.15, 0.2) is 11.5 Å². The number of hydrogen-bond donors (Lipinski definition) is 1. The zero-order valence-corrected chi connectivity index (χ0v) is 18.9. The maximum Gasteiger partial charge on any atom is 0.161 e. The van der Waals surface area contributed by atoms with Crippen LogP contribution in [0.25, 0.3) is 0 Å². The molecule has 0 saturated carbocycles. The summed E-state index contributed by atoms with van der Waals surface area (Å²) in [6.07, 6.45) is 1.70. The SMILES string of the molecule is CCOc1cc(C=NNc2ccc(C)c(Cl)c2)ccc1OCc1c(Cl)cccc1Cl. The van der Waals surface area contributed by atoms with Gasteiger partial charge in [0.1, 0.15) is 6.61 Å². The van der Waals surface area contributed by atoms with E-state index in [0.29, 0.717) is 33.2 Å². The van der Waals surface area contributed by atoms with Gasteiger partial charge in [-0.05, 0) is 67.4 Å². The summed E-state index contributed by atoms with van der Waals surface area (Å²) in [7, 11) is 0. The summed E-state index contributed by atoms with van der Waals surface area (Å²) in [4.78, 5) is 0. The van der Waals surface area contributed by atoms with Crippen LogP contribution in [0.1, 0.15) is 23.6 Å². The summed E-state index contributed by atoms with van der Waals surface area (Å²) >= 11 is 18.6. The molecule has 0 bridgehead atoms. The van der Waals surface area contributed by atoms with Gasteiger partial charge in [0, 0.05) is 20.6 Å². The van der Waals surface area contributed by atoms with Crippen LogP contribution in [-0.2, 0) is 6.61 Å². The Labute approximate surface area is 191 Å². The number of benzene rings is 3. The molecule has 0 aliphatic heterocycles. The highest BCUT2D eigenvalue weighted by Gasteiger charge is 2.10. The van der Waals surface area contributed by atoms with Crippen molar-refractivity contribution in [3.8, 4) is 11.5 Å². The Morgan fingerprint density at radius 1 is 0.900 bits per heavy atom. The van der Waals surface area contributed by atoms with E-state index < -0.39 is 0 Å². The third kappa shape index (κ3) is 5.82. The van der Waals surface area contributed by atoms with Crippen LogP contribution in [0.15, 0.2) is 59.7 Å². The van der Waals surface area contributed by atoms with Gasteiger partial charge in [-0.1, -0.05) is 46.9 Å². The minimum Gasteiger partial charge on any atom is -0.490 e. The predicted octanol–water partition coefficient (Wildman–Crippen LogP) is 7.38. The molecule has 0 saturated heterocycles. The average Bonchev–Trinajstić information content (AvgIpc) is 2.72. The first-order chi connectivity index (χ1) is 14.5. The van der Waals surface area contributed by atoms with Crippen molar-refractivity contribution >= 4 is 46.7 Å². The fourth-order valence-electron chi connectivity index (χ4n) is 2.66. The number of hydrogen-bond acceptors (Lipinski definition) is 4. The normalized spacial score (nSPS) is 11.0. The van der Waals surface area contributed by atoms with Gasteiger partial charge < -0.3 is 9.47 Å². The standard InChI is InChI=1S/C23H21Cl3N2O2/c1-3-29-23-11-16(13-27-28-17-9-7-15(2)21(26)12-17)8-10-22(23)30-14-18-19(24)5-4-6-20(18)25/h4-13,28H,3,14H2,1-2H3. The molecule has 3 rings (SSSR count). The predicted molar refractivity (Wildman–Crippen MR) is 126 cm³/mol. The molecule has 0 unspecified atom stereocenters. The number of hydrazone groups is 1. The zero-order valence-electron chi connectivity index (χ0n) is 16.6. The molecule has 0 heterocycles. The van der Waals surface area contributed by atoms with E-state index in [1.54, 1.807) is 24.4 Å². The lowest BCUT2D eigenvalue weighted by atomic mass is 10.2. The van der Waals surface area contributed by atoms with Crippen molar-refractivity contribution < 1.29 is 9.47 Å². The van der Waals surface area contributed by atoms with Crippen molar-refractivity contribution in [1.82, 2.24) is 0 Å². The number of aryl methyl sites for hydroxylation is 1. The third-order valence-electron chi connectivity index (χ3n) is 4.28. The van der Waals surface area contributed by atoms with Crippen LogP contribution in [0.2, 0.25) is 15.1 Å². The first kappa shape index (κ1) is 22.3. The number of halogens is 3. The molecule has 0 aliphatic carbocycles. The van der Waals surface area contributed by atoms with Gasteiger partial charge >= 0.3 is 0 Å². The van der Waals surface area contributed by atoms with Crippen molar-refractivity contribution in [3.63, 3.8) is 0 Å². The lowest BCUT2D eigenvalue weighted by Crippen LogP contribution is -2.01. The summed E-state index contributed by atoms with van der Waals surface area (Å²) in [5.41, 5.74) is 6.38. The molecule has 1 N–H and O–H groups in total. The third-order valence-corrected chi connectivity index (χ3v) is 5.40. The fraction of sp³-hybridized carbons (Fsp3) is 0.174. The molecule has 0 spiro atoms. The Kier molecular flexibility index (Phi) is 7.86. The molecule has 0 aliphatic rings. The first-order valence-electron chi connectivity index (χ1n) is 9.35. The van der Waals surface area contributed by atoms with Crippen molar-refractivity contribution in [2.75, 3.05) is 12.0 Å². The Morgan fingerprint density at radius 2 is 1.67 bits per heavy atom. The number of nitrogens with zero attached hydrogens (tertiary/aromatic N) is 1. The Hall–Kier alpha value is -2.40. The average molecular weight is 464 g/mol. The highest BCUT2D eigenvalue weighted by Crippen LogP contribution is 2.31. The van der Waals surface area contributed by atoms with Gasteiger partial charge in [-0.3, -0.25) is 5.43 Å². The van der Waals surface area contributed by atoms with Gasteiger partial charge in [0.05, 0.1) is 18.5 Å². The van der Waals surface area contributed by atoms with Crippen LogP contribution < -0.4 is 14.9 Å². The lowest BCUT2D eigenvalue weighted by Gasteiger charge is -2.14. The second-order valence-electron chi connectivity index (χ2n) is 6.46. The second kappa shape index (κ2) is 10.6. The number of nitrogens with one attached hydrogen (secondary N) is 1. The van der Waals surface area contributed by atoms with Crippen LogP contribution in [0, 0.1) is 6.92 Å². The van der Waals surface area contributed by atoms with Crippen LogP contribution in [-0.4, -0.2) is 12.8 Å². The van der Waals surface area contributed by atoms with Crippen molar-refractivity contribution in [2.45, 2.75) is 20.5 Å². The van der Waals surface area contributed by atoms with E-state index in [0.717, 1.165) is 22.4 Å². The maximum absolute atomic E-state index is 6.22. The molecule has 0 fully saturated rings. The van der Waals surface area contributed by atoms with Crippen LogP contribution in [0.3, 0.4) is 0 Å². The minimum absolute atomic E-state index is 0.238. The van der Waals surface area contributed by atoms with E-state index in [4.69, 9.17) is 44.3 Å². The van der Waals surface area contributed by atoms with Gasteiger partial charge in [0.25, 0.3) is 0 Å². The molecule has 4 nitrogen and oxygen atoms in total. The van der Waals surface area contributed by atoms with E-state index >= 15 is 0 Å². The van der Waals surface area contributed by atoms with Crippen LogP contribution >= 0.6 is 34.8 Å². The quantitative estimate of drug-likeness (QED) is 0.280. The van der Waals surface area contributed by atoms with Crippen LogP contribution in [0.4, 0.5) is 5.69 Å². The Bertz CT molecular complexity index is 1030. The summed E-state index contributed by atoms with van der Waals surface area (Å²) in [6, 6.07) is 16.6. The second-order valence-corrected chi connectivity index (χ2v) is 7.68. The van der Waals surface area contributed by atoms with E-state index in [1.165, 1.54) is 0 Å². The first-order valence-corrected chi connectivity index (χ1v) is 10.5. The molecule has 0 atom stereocenters. The molecule has 7 heteroatoms. The smallest absolute Gasteiger partial charge is 0.161 e. The van der Waals surface area contributed by atoms with Gasteiger partial charge in [0.2, 0.25) is 0 Å². The Balaban J connectivity index is 1.71. The molecular weight excluding hydrogens is 443 g/mol. The fourth-order valence-corrected chi connectivity index (χ4v) is 3.34. The molecule has 0 amide bonds. The molecule has 156 valence electrons. The minimum atomic E-state index is 0.238. The maximum atomic E-state index is 6.22. The molecular formula is C23H21Cl3N2O2. The zero-order chi connectivity index (χ0) is 21.5. The molecule has 30 heavy (non-hydrogen) atoms. The summed E-state index contributed by atoms with van der Waals surface area (Å²) in [6.45, 7) is 4.61. The van der Waals surface area contributed by atoms with E-state index in [9.17, 15) is 0 Å². The molecule has 0 radical (unpaired) electrons. The van der Waals surface area contributed by atoms with Crippen molar-refractivity contribution in [3.05, 3.63) is 86.4 Å². The summed E-state index contributed by atoms with van der Waals surface area (Å²) < 4.78 is 11.7. The molecule has 3 aromatic carbocycles. The van der Waals surface area contributed by atoms with E-state index in [1.807, 2.05) is 50.2 Å². The van der Waals surface area contributed by atoms with Crippen molar-refractivity contribution in [1.29, 1.82) is 0 Å². The van der Waals surface area contributed by atoms with Gasteiger partial charge in [-0.2, -0.15) is 5.10 Å². The van der Waals surface area contributed by atoms with Crippen molar-refractivity contribution in [2.24, 2.45) is 5.10 Å². The number of anilines is 1. The highest BCUT2D eigenvalue weighted by molar-refractivity contribution is 6.36. The Morgan fingerprint density at radius 3 is 2.37 bits per heavy atom. The van der Waals surface area contributed by atoms with Gasteiger partial charge in [-0.15, -0.1) is 0 Å². The number of ether oxygens (including phenoxy) is 2. The largest absolute Gasteiger partial charge is 0.490 e. The summed E-state index contributed by atoms with van der Waals surface area (Å²) in [5, 5.41) is 6.08. The van der Waals surface area contributed by atoms with E-state index in [-0.39, 0.29) is 6.61 Å². The topological polar surface area (TPSA) is 42.8 Å². The lowest BCUT2D eigenvalue weighted by molar-refractivity contribution is 0.269. The van der Waals surface area contributed by atoms with Gasteiger partial charge in [-0.25, -0.2) is 0 Å². The molecule has 3 aromatic rings. The summed E-state index contributed by atoms with van der Waals surface area (Å²) in [5.74, 6) is 1.21. The highest BCUT2D eigenvalue weighted by atomic mass is 35.5.